The molecule has 7 nitrogen and oxygen atoms in total. The summed E-state index contributed by atoms with van der Waals surface area (Å²) in [6.45, 7) is -0.0335. The number of hydrogen-bond acceptors (Lipinski definition) is 8. The molecule has 1 aromatic rings. The predicted octanol–water partition coefficient (Wildman–Crippen LogP) is 0.975. The Balaban J connectivity index is 2.11. The van der Waals surface area contributed by atoms with Crippen molar-refractivity contribution in [3.8, 4) is 0 Å². The number of thiophene rings is 1. The molecule has 0 saturated heterocycles. The van der Waals surface area contributed by atoms with Crippen LogP contribution in [-0.4, -0.2) is 50.7 Å². The van der Waals surface area contributed by atoms with Crippen molar-refractivity contribution < 1.29 is 28.6 Å². The van der Waals surface area contributed by atoms with Gasteiger partial charge in [-0.2, -0.15) is 0 Å². The van der Waals surface area contributed by atoms with Crippen molar-refractivity contribution in [3.05, 3.63) is 33.0 Å². The quantitative estimate of drug-likeness (QED) is 0.598. The van der Waals surface area contributed by atoms with Gasteiger partial charge in [0.15, 0.2) is 0 Å². The van der Waals surface area contributed by atoms with E-state index in [4.69, 9.17) is 14.2 Å². The first-order valence-corrected chi connectivity index (χ1v) is 7.73. The SMILES string of the molecule is COC(=O)CN1C2C(C(=O)OC)=C(C(=O)OC)C1c1sccc12. The molecule has 0 spiro atoms. The van der Waals surface area contributed by atoms with Gasteiger partial charge in [0.25, 0.3) is 0 Å². The molecule has 23 heavy (non-hydrogen) atoms. The molecular weight excluding hydrogens is 322 g/mol. The maximum atomic E-state index is 12.2. The minimum atomic E-state index is -0.593. The van der Waals surface area contributed by atoms with Gasteiger partial charge in [0.1, 0.15) is 0 Å². The minimum Gasteiger partial charge on any atom is -0.468 e. The van der Waals surface area contributed by atoms with Crippen LogP contribution >= 0.6 is 11.3 Å². The van der Waals surface area contributed by atoms with Crippen LogP contribution in [0.2, 0.25) is 0 Å². The Kier molecular flexibility index (Phi) is 3.95. The lowest BCUT2D eigenvalue weighted by molar-refractivity contribution is -0.143. The highest BCUT2D eigenvalue weighted by atomic mass is 32.1. The maximum absolute atomic E-state index is 12.2. The first kappa shape index (κ1) is 15.7. The van der Waals surface area contributed by atoms with Crippen LogP contribution < -0.4 is 0 Å². The number of ether oxygens (including phenoxy) is 3. The zero-order valence-electron chi connectivity index (χ0n) is 12.8. The molecule has 0 N–H and O–H groups in total. The second-order valence-electron chi connectivity index (χ2n) is 5.10. The van der Waals surface area contributed by atoms with Crippen LogP contribution in [0.1, 0.15) is 22.5 Å². The Morgan fingerprint density at radius 3 is 2.22 bits per heavy atom. The largest absolute Gasteiger partial charge is 0.468 e. The molecule has 0 aliphatic carbocycles. The maximum Gasteiger partial charge on any atom is 0.336 e. The van der Waals surface area contributed by atoms with Gasteiger partial charge in [0.2, 0.25) is 0 Å². The summed E-state index contributed by atoms with van der Waals surface area (Å²) < 4.78 is 14.4. The summed E-state index contributed by atoms with van der Waals surface area (Å²) in [6, 6.07) is 0.906. The summed E-state index contributed by atoms with van der Waals surface area (Å²) in [7, 11) is 3.82. The Bertz CT molecular complexity index is 673. The van der Waals surface area contributed by atoms with Gasteiger partial charge in [-0.25, -0.2) is 9.59 Å². The van der Waals surface area contributed by atoms with E-state index in [1.54, 1.807) is 4.90 Å². The molecule has 0 amide bonds. The number of rotatable bonds is 4. The number of methoxy groups -OCH3 is 3. The van der Waals surface area contributed by atoms with Crippen molar-refractivity contribution in [3.63, 3.8) is 0 Å². The molecule has 0 aromatic carbocycles. The standard InChI is InChI=1S/C15H15NO6S/c1-20-8(17)6-16-11-7-4-5-23-13(7)12(16)10(15(19)22-3)9(11)14(18)21-2/h4-5,11-12H,6H2,1-3H3. The molecule has 2 aliphatic heterocycles. The topological polar surface area (TPSA) is 82.1 Å². The van der Waals surface area contributed by atoms with Crippen molar-refractivity contribution in [1.29, 1.82) is 0 Å². The van der Waals surface area contributed by atoms with Gasteiger partial charge in [-0.05, 0) is 17.0 Å². The van der Waals surface area contributed by atoms with E-state index in [1.807, 2.05) is 11.4 Å². The van der Waals surface area contributed by atoms with E-state index in [0.29, 0.717) is 0 Å². The van der Waals surface area contributed by atoms with Crippen LogP contribution in [0.25, 0.3) is 0 Å². The van der Waals surface area contributed by atoms with Gasteiger partial charge in [-0.1, -0.05) is 0 Å². The zero-order valence-corrected chi connectivity index (χ0v) is 13.6. The number of carbonyl (C=O) groups excluding carboxylic acids is 3. The van der Waals surface area contributed by atoms with Crippen molar-refractivity contribution in [2.75, 3.05) is 27.9 Å². The number of hydrogen-bond donors (Lipinski definition) is 0. The molecule has 2 unspecified atom stereocenters. The van der Waals surface area contributed by atoms with E-state index in [0.717, 1.165) is 10.4 Å². The lowest BCUT2D eigenvalue weighted by atomic mass is 9.91. The normalized spacial score (nSPS) is 22.0. The summed E-state index contributed by atoms with van der Waals surface area (Å²) in [6.07, 6.45) is 0. The van der Waals surface area contributed by atoms with Gasteiger partial charge >= 0.3 is 17.9 Å². The fourth-order valence-corrected chi connectivity index (χ4v) is 4.29. The molecule has 0 radical (unpaired) electrons. The molecular formula is C15H15NO6S. The van der Waals surface area contributed by atoms with Gasteiger partial charge in [0.05, 0.1) is 51.1 Å². The average Bonchev–Trinajstić information content (AvgIpc) is 3.22. The summed E-state index contributed by atoms with van der Waals surface area (Å²) in [5.74, 6) is -1.62. The second kappa shape index (κ2) is 5.78. The number of nitrogens with zero attached hydrogens (tertiary/aromatic N) is 1. The van der Waals surface area contributed by atoms with E-state index in [2.05, 4.69) is 0 Å². The lowest BCUT2D eigenvalue weighted by Crippen LogP contribution is -2.30. The Morgan fingerprint density at radius 2 is 1.65 bits per heavy atom. The fourth-order valence-electron chi connectivity index (χ4n) is 3.23. The van der Waals surface area contributed by atoms with Crippen LogP contribution in [0.3, 0.4) is 0 Å². The Hall–Kier alpha value is -2.19. The van der Waals surface area contributed by atoms with Crippen molar-refractivity contribution in [2.24, 2.45) is 0 Å². The molecule has 122 valence electrons. The van der Waals surface area contributed by atoms with Crippen LogP contribution in [0, 0.1) is 0 Å². The molecule has 0 saturated carbocycles. The van der Waals surface area contributed by atoms with E-state index in [1.165, 1.54) is 32.7 Å². The Morgan fingerprint density at radius 1 is 1.04 bits per heavy atom. The van der Waals surface area contributed by atoms with E-state index < -0.39 is 30.0 Å². The van der Waals surface area contributed by atoms with Gasteiger partial charge in [-0.15, -0.1) is 11.3 Å². The molecule has 0 fully saturated rings. The molecule has 8 heteroatoms. The summed E-state index contributed by atoms with van der Waals surface area (Å²) >= 11 is 1.48. The monoisotopic (exact) mass is 337 g/mol. The van der Waals surface area contributed by atoms with Gasteiger partial charge in [0, 0.05) is 4.88 Å². The van der Waals surface area contributed by atoms with Crippen molar-refractivity contribution in [2.45, 2.75) is 12.1 Å². The summed E-state index contributed by atoms with van der Waals surface area (Å²) in [5, 5.41) is 1.90. The third-order valence-electron chi connectivity index (χ3n) is 4.12. The third kappa shape index (κ3) is 2.17. The number of fused-ring (bicyclic) bond motifs is 5. The van der Waals surface area contributed by atoms with E-state index >= 15 is 0 Å². The fraction of sp³-hybridized carbons (Fsp3) is 0.400. The third-order valence-corrected chi connectivity index (χ3v) is 5.11. The minimum absolute atomic E-state index is 0.0335. The molecule has 2 bridgehead atoms. The Labute approximate surface area is 136 Å². The van der Waals surface area contributed by atoms with Crippen LogP contribution in [0.5, 0.6) is 0 Å². The molecule has 2 aliphatic rings. The van der Waals surface area contributed by atoms with Gasteiger partial charge in [-0.3, -0.25) is 9.69 Å². The molecule has 1 aromatic heterocycles. The predicted molar refractivity (Wildman–Crippen MR) is 79.6 cm³/mol. The highest BCUT2D eigenvalue weighted by Gasteiger charge is 2.55. The highest BCUT2D eigenvalue weighted by molar-refractivity contribution is 7.10. The molecule has 3 rings (SSSR count). The van der Waals surface area contributed by atoms with Crippen LogP contribution in [-0.2, 0) is 28.6 Å². The van der Waals surface area contributed by atoms with Crippen molar-refractivity contribution in [1.82, 2.24) is 4.90 Å². The smallest absolute Gasteiger partial charge is 0.336 e. The lowest BCUT2D eigenvalue weighted by Gasteiger charge is -2.22. The van der Waals surface area contributed by atoms with Crippen LogP contribution in [0.15, 0.2) is 22.6 Å². The first-order chi connectivity index (χ1) is 11.0. The average molecular weight is 337 g/mol. The number of carbonyl (C=O) groups is 3. The summed E-state index contributed by atoms with van der Waals surface area (Å²) in [4.78, 5) is 38.9. The van der Waals surface area contributed by atoms with Crippen molar-refractivity contribution >= 4 is 29.2 Å². The van der Waals surface area contributed by atoms with Crippen LogP contribution in [0.4, 0.5) is 0 Å². The molecule has 3 heterocycles. The zero-order chi connectivity index (χ0) is 16.7. The molecule has 2 atom stereocenters. The van der Waals surface area contributed by atoms with E-state index in [-0.39, 0.29) is 17.7 Å². The summed E-state index contributed by atoms with van der Waals surface area (Å²) in [5.41, 5.74) is 1.39. The van der Waals surface area contributed by atoms with Gasteiger partial charge < -0.3 is 14.2 Å². The van der Waals surface area contributed by atoms with E-state index in [9.17, 15) is 14.4 Å². The second-order valence-corrected chi connectivity index (χ2v) is 6.05. The first-order valence-electron chi connectivity index (χ1n) is 6.85. The number of esters is 3. The highest BCUT2D eigenvalue weighted by Crippen LogP contribution is 2.58.